The number of fused-ring (bicyclic) bond motifs is 1. The largest absolute Gasteiger partial charge is 0.493 e. The highest BCUT2D eigenvalue weighted by Crippen LogP contribution is 2.33. The number of hydrogen-bond acceptors (Lipinski definition) is 5. The van der Waals surface area contributed by atoms with Crippen molar-refractivity contribution in [1.29, 1.82) is 0 Å². The first-order chi connectivity index (χ1) is 12.7. The van der Waals surface area contributed by atoms with Crippen LogP contribution in [-0.2, 0) is 39.1 Å². The maximum atomic E-state index is 12.7. The second-order valence-electron chi connectivity index (χ2n) is 7.50. The molecular weight excluding hydrogens is 366 g/mol. The Morgan fingerprint density at radius 3 is 2.56 bits per heavy atom. The Hall–Kier alpha value is -2.35. The lowest BCUT2D eigenvalue weighted by molar-refractivity contribution is -0.115. The fourth-order valence-corrected chi connectivity index (χ4v) is 4.36. The molecule has 0 radical (unpaired) electrons. The van der Waals surface area contributed by atoms with Crippen LogP contribution < -0.4 is 14.8 Å². The quantitative estimate of drug-likeness (QED) is 0.847. The molecule has 0 bridgehead atoms. The van der Waals surface area contributed by atoms with E-state index in [4.69, 9.17) is 9.47 Å². The van der Waals surface area contributed by atoms with Crippen LogP contribution in [0.15, 0.2) is 18.2 Å². The zero-order valence-corrected chi connectivity index (χ0v) is 17.1. The molecule has 1 aliphatic rings. The van der Waals surface area contributed by atoms with Gasteiger partial charge in [-0.25, -0.2) is 4.68 Å². The number of amides is 1. The lowest BCUT2D eigenvalue weighted by atomic mass is 10.1. The number of nitrogens with zero attached hydrogens (tertiary/aromatic N) is 2. The minimum absolute atomic E-state index is 0.159. The second-order valence-corrected chi connectivity index (χ2v) is 8.96. The number of carbonyl (C=O) groups excluding carboxylic acids is 1. The number of hydrogen-bond donors (Lipinski definition) is 1. The molecule has 2 aromatic rings. The standard InChI is InChI=1S/C19H25N3O4S/c1-19(2,3)22-18(13-10-27(24)11-14(13)21-22)20-17(23)9-12-6-7-15(25-4)16(8-12)26-5/h6-8H,9-11H2,1-5H3,(H,20,23)/t27-/m1/s1. The molecule has 1 aromatic carbocycles. The Balaban J connectivity index is 1.84. The van der Waals surface area contributed by atoms with Gasteiger partial charge in [0, 0.05) is 16.4 Å². The smallest absolute Gasteiger partial charge is 0.229 e. The SMILES string of the molecule is COc1ccc(CC(=O)Nc2c3c(nn2C(C)(C)C)C[S@](=O)C3)cc1OC. The molecule has 1 aromatic heterocycles. The molecule has 7 nitrogen and oxygen atoms in total. The molecule has 1 atom stereocenters. The van der Waals surface area contributed by atoms with Gasteiger partial charge in [-0.3, -0.25) is 9.00 Å². The van der Waals surface area contributed by atoms with Gasteiger partial charge in [0.2, 0.25) is 5.91 Å². The van der Waals surface area contributed by atoms with E-state index >= 15 is 0 Å². The molecule has 0 saturated heterocycles. The number of nitrogens with one attached hydrogen (secondary N) is 1. The number of methoxy groups -OCH3 is 2. The third kappa shape index (κ3) is 4.00. The van der Waals surface area contributed by atoms with E-state index in [0.717, 1.165) is 16.8 Å². The Morgan fingerprint density at radius 1 is 1.22 bits per heavy atom. The highest BCUT2D eigenvalue weighted by molar-refractivity contribution is 7.83. The van der Waals surface area contributed by atoms with Gasteiger partial charge in [-0.05, 0) is 38.5 Å². The predicted octanol–water partition coefficient (Wildman–Crippen LogP) is 2.60. The Morgan fingerprint density at radius 2 is 1.93 bits per heavy atom. The van der Waals surface area contributed by atoms with Crippen LogP contribution in [-0.4, -0.2) is 34.1 Å². The van der Waals surface area contributed by atoms with Crippen LogP contribution in [0.1, 0.15) is 37.6 Å². The van der Waals surface area contributed by atoms with Gasteiger partial charge in [0.25, 0.3) is 0 Å². The van der Waals surface area contributed by atoms with Gasteiger partial charge in [-0.15, -0.1) is 0 Å². The van der Waals surface area contributed by atoms with E-state index in [1.807, 2.05) is 31.5 Å². The van der Waals surface area contributed by atoms with E-state index in [-0.39, 0.29) is 17.9 Å². The summed E-state index contributed by atoms with van der Waals surface area (Å²) < 4.78 is 24.3. The molecule has 2 heterocycles. The molecule has 3 rings (SSSR count). The summed E-state index contributed by atoms with van der Waals surface area (Å²) in [6, 6.07) is 5.40. The maximum Gasteiger partial charge on any atom is 0.229 e. The van der Waals surface area contributed by atoms with Gasteiger partial charge in [0.15, 0.2) is 11.5 Å². The third-order valence-electron chi connectivity index (χ3n) is 4.38. The van der Waals surface area contributed by atoms with Crippen molar-refractivity contribution in [2.45, 2.75) is 44.2 Å². The number of rotatable bonds is 5. The number of benzene rings is 1. The molecule has 1 N–H and O–H groups in total. The number of ether oxygens (including phenoxy) is 2. The van der Waals surface area contributed by atoms with Gasteiger partial charge in [0.05, 0.1) is 43.4 Å². The minimum atomic E-state index is -0.952. The van der Waals surface area contributed by atoms with Crippen LogP contribution >= 0.6 is 0 Å². The fourth-order valence-electron chi connectivity index (χ4n) is 3.09. The van der Waals surface area contributed by atoms with E-state index in [0.29, 0.717) is 28.8 Å². The molecule has 146 valence electrons. The van der Waals surface area contributed by atoms with Crippen LogP contribution in [0, 0.1) is 0 Å². The topological polar surface area (TPSA) is 82.5 Å². The normalized spacial score (nSPS) is 16.1. The van der Waals surface area contributed by atoms with Gasteiger partial charge in [-0.2, -0.15) is 5.10 Å². The van der Waals surface area contributed by atoms with Gasteiger partial charge < -0.3 is 14.8 Å². The lowest BCUT2D eigenvalue weighted by Crippen LogP contribution is -2.28. The summed E-state index contributed by atoms with van der Waals surface area (Å²) >= 11 is 0. The minimum Gasteiger partial charge on any atom is -0.493 e. The van der Waals surface area contributed by atoms with Crippen molar-refractivity contribution in [1.82, 2.24) is 9.78 Å². The van der Waals surface area contributed by atoms with Crippen molar-refractivity contribution in [3.05, 3.63) is 35.0 Å². The molecular formula is C19H25N3O4S. The molecule has 0 aliphatic carbocycles. The fraction of sp³-hybridized carbons (Fsp3) is 0.474. The molecule has 0 spiro atoms. The first-order valence-electron chi connectivity index (χ1n) is 8.70. The van der Waals surface area contributed by atoms with E-state index in [1.54, 1.807) is 26.4 Å². The Bertz CT molecular complexity index is 899. The van der Waals surface area contributed by atoms with Gasteiger partial charge in [0.1, 0.15) is 5.82 Å². The van der Waals surface area contributed by atoms with E-state index in [1.165, 1.54) is 0 Å². The average molecular weight is 391 g/mol. The third-order valence-corrected chi connectivity index (χ3v) is 5.58. The summed E-state index contributed by atoms with van der Waals surface area (Å²) in [5.41, 5.74) is 2.21. The molecule has 0 saturated carbocycles. The summed E-state index contributed by atoms with van der Waals surface area (Å²) in [5.74, 6) is 2.56. The van der Waals surface area contributed by atoms with E-state index in [2.05, 4.69) is 10.4 Å². The maximum absolute atomic E-state index is 12.7. The first kappa shape index (κ1) is 19.4. The van der Waals surface area contributed by atoms with Crippen LogP contribution in [0.25, 0.3) is 0 Å². The summed E-state index contributed by atoms with van der Waals surface area (Å²) in [5, 5.41) is 7.58. The average Bonchev–Trinajstić information content (AvgIpc) is 3.11. The number of carbonyl (C=O) groups is 1. The van der Waals surface area contributed by atoms with Gasteiger partial charge in [-0.1, -0.05) is 6.07 Å². The van der Waals surface area contributed by atoms with E-state index < -0.39 is 10.8 Å². The van der Waals surface area contributed by atoms with Crippen LogP contribution in [0.2, 0.25) is 0 Å². The second kappa shape index (κ2) is 7.34. The highest BCUT2D eigenvalue weighted by atomic mass is 32.2. The predicted molar refractivity (Wildman–Crippen MR) is 105 cm³/mol. The zero-order chi connectivity index (χ0) is 19.8. The summed E-state index contributed by atoms with van der Waals surface area (Å²) in [4.78, 5) is 12.7. The van der Waals surface area contributed by atoms with Crippen molar-refractivity contribution < 1.29 is 18.5 Å². The van der Waals surface area contributed by atoms with Crippen molar-refractivity contribution in [3.63, 3.8) is 0 Å². The van der Waals surface area contributed by atoms with Gasteiger partial charge >= 0.3 is 0 Å². The Labute approximate surface area is 161 Å². The zero-order valence-electron chi connectivity index (χ0n) is 16.3. The molecule has 0 fully saturated rings. The molecule has 8 heteroatoms. The summed E-state index contributed by atoms with van der Waals surface area (Å²) in [7, 11) is 2.18. The van der Waals surface area contributed by atoms with Crippen LogP contribution in [0.4, 0.5) is 5.82 Å². The molecule has 27 heavy (non-hydrogen) atoms. The van der Waals surface area contributed by atoms with Crippen LogP contribution in [0.3, 0.4) is 0 Å². The van der Waals surface area contributed by atoms with Crippen LogP contribution in [0.5, 0.6) is 11.5 Å². The Kier molecular flexibility index (Phi) is 5.28. The van der Waals surface area contributed by atoms with Crippen molar-refractivity contribution in [3.8, 4) is 11.5 Å². The summed E-state index contributed by atoms with van der Waals surface area (Å²) in [6.45, 7) is 6.07. The van der Waals surface area contributed by atoms with Crippen molar-refractivity contribution >= 4 is 22.5 Å². The number of anilines is 1. The van der Waals surface area contributed by atoms with Crippen molar-refractivity contribution in [2.75, 3.05) is 19.5 Å². The monoisotopic (exact) mass is 391 g/mol. The van der Waals surface area contributed by atoms with E-state index in [9.17, 15) is 9.00 Å². The molecule has 1 aliphatic heterocycles. The number of aromatic nitrogens is 2. The summed E-state index contributed by atoms with van der Waals surface area (Å²) in [6.07, 6.45) is 0.188. The van der Waals surface area contributed by atoms with Crippen molar-refractivity contribution in [2.24, 2.45) is 0 Å². The molecule has 1 amide bonds. The molecule has 0 unspecified atom stereocenters. The lowest BCUT2D eigenvalue weighted by Gasteiger charge is -2.23. The highest BCUT2D eigenvalue weighted by Gasteiger charge is 2.31. The first-order valence-corrected chi connectivity index (χ1v) is 10.2.